The van der Waals surface area contributed by atoms with Gasteiger partial charge in [0.2, 0.25) is 5.91 Å². The molecule has 3 atom stereocenters. The molecule has 126 valence electrons. The third-order valence-corrected chi connectivity index (χ3v) is 6.32. The summed E-state index contributed by atoms with van der Waals surface area (Å²) in [5.41, 5.74) is 0.872. The van der Waals surface area contributed by atoms with Gasteiger partial charge in [-0.25, -0.2) is 8.42 Å². The maximum absolute atomic E-state index is 12.9. The molecule has 6 heteroatoms. The molecule has 0 saturated carbocycles. The SMILES string of the molecule is CC(C(=O)N1CC[C@@H]2CN(C)C[C@@H]21)c1ccc(S(C)(=O)=O)cc1. The minimum Gasteiger partial charge on any atom is -0.338 e. The van der Waals surface area contributed by atoms with Gasteiger partial charge >= 0.3 is 0 Å². The third-order valence-electron chi connectivity index (χ3n) is 5.19. The molecule has 2 saturated heterocycles. The van der Waals surface area contributed by atoms with Gasteiger partial charge in [-0.05, 0) is 44.0 Å². The van der Waals surface area contributed by atoms with Gasteiger partial charge in [0.15, 0.2) is 9.84 Å². The zero-order valence-electron chi connectivity index (χ0n) is 13.9. The number of benzene rings is 1. The lowest BCUT2D eigenvalue weighted by atomic mass is 9.99. The molecule has 5 nitrogen and oxygen atoms in total. The van der Waals surface area contributed by atoms with Crippen LogP contribution < -0.4 is 0 Å². The van der Waals surface area contributed by atoms with Crippen LogP contribution in [0.2, 0.25) is 0 Å². The first-order valence-corrected chi connectivity index (χ1v) is 9.95. The lowest BCUT2D eigenvalue weighted by Crippen LogP contribution is -2.41. The van der Waals surface area contributed by atoms with Crippen molar-refractivity contribution in [2.45, 2.75) is 30.2 Å². The highest BCUT2D eigenvalue weighted by Crippen LogP contribution is 2.33. The summed E-state index contributed by atoms with van der Waals surface area (Å²) in [5, 5.41) is 0. The highest BCUT2D eigenvalue weighted by atomic mass is 32.2. The Morgan fingerprint density at radius 1 is 1.22 bits per heavy atom. The van der Waals surface area contributed by atoms with Gasteiger partial charge in [-0.3, -0.25) is 4.79 Å². The molecule has 23 heavy (non-hydrogen) atoms. The molecule has 2 aliphatic rings. The second-order valence-corrected chi connectivity index (χ2v) is 8.95. The molecule has 0 aromatic heterocycles. The molecule has 0 radical (unpaired) electrons. The highest BCUT2D eigenvalue weighted by Gasteiger charge is 2.43. The van der Waals surface area contributed by atoms with Crippen molar-refractivity contribution in [2.75, 3.05) is 32.9 Å². The average Bonchev–Trinajstić information content (AvgIpc) is 3.04. The Labute approximate surface area is 138 Å². The summed E-state index contributed by atoms with van der Waals surface area (Å²) in [6.45, 7) is 4.78. The van der Waals surface area contributed by atoms with Crippen LogP contribution in [-0.4, -0.2) is 63.1 Å². The summed E-state index contributed by atoms with van der Waals surface area (Å²) < 4.78 is 23.1. The molecule has 0 bridgehead atoms. The fourth-order valence-electron chi connectivity index (χ4n) is 3.84. The number of hydrogen-bond donors (Lipinski definition) is 0. The maximum Gasteiger partial charge on any atom is 0.230 e. The van der Waals surface area contributed by atoms with E-state index < -0.39 is 9.84 Å². The topological polar surface area (TPSA) is 57.7 Å². The molecular weight excluding hydrogens is 312 g/mol. The smallest absolute Gasteiger partial charge is 0.230 e. The minimum atomic E-state index is -3.20. The number of fused-ring (bicyclic) bond motifs is 1. The van der Waals surface area contributed by atoms with E-state index in [1.165, 1.54) is 6.26 Å². The van der Waals surface area contributed by atoms with Gasteiger partial charge in [-0.15, -0.1) is 0 Å². The zero-order chi connectivity index (χ0) is 16.8. The van der Waals surface area contributed by atoms with Crippen molar-refractivity contribution in [3.63, 3.8) is 0 Å². The Hall–Kier alpha value is -1.40. The Kier molecular flexibility index (Phi) is 4.23. The fraction of sp³-hybridized carbons (Fsp3) is 0.588. The van der Waals surface area contributed by atoms with Gasteiger partial charge in [0.05, 0.1) is 10.8 Å². The maximum atomic E-state index is 12.9. The summed E-state index contributed by atoms with van der Waals surface area (Å²) in [7, 11) is -1.09. The van der Waals surface area contributed by atoms with E-state index >= 15 is 0 Å². The number of nitrogens with zero attached hydrogens (tertiary/aromatic N) is 2. The van der Waals surface area contributed by atoms with Crippen molar-refractivity contribution in [1.82, 2.24) is 9.80 Å². The first-order valence-electron chi connectivity index (χ1n) is 8.06. The van der Waals surface area contributed by atoms with Crippen molar-refractivity contribution in [1.29, 1.82) is 0 Å². The van der Waals surface area contributed by atoms with E-state index in [4.69, 9.17) is 0 Å². The molecule has 1 aromatic rings. The van der Waals surface area contributed by atoms with E-state index in [0.717, 1.165) is 31.6 Å². The lowest BCUT2D eigenvalue weighted by Gasteiger charge is -2.27. The number of carbonyl (C=O) groups is 1. The van der Waals surface area contributed by atoms with Gasteiger partial charge in [0.25, 0.3) is 0 Å². The van der Waals surface area contributed by atoms with Crippen molar-refractivity contribution in [3.8, 4) is 0 Å². The van der Waals surface area contributed by atoms with Crippen LogP contribution in [0.1, 0.15) is 24.8 Å². The Bertz CT molecular complexity index is 699. The molecule has 0 N–H and O–H groups in total. The van der Waals surface area contributed by atoms with E-state index in [1.54, 1.807) is 24.3 Å². The third kappa shape index (κ3) is 3.15. The Morgan fingerprint density at radius 2 is 1.87 bits per heavy atom. The van der Waals surface area contributed by atoms with Crippen LogP contribution in [0.15, 0.2) is 29.2 Å². The van der Waals surface area contributed by atoms with Gasteiger partial charge in [0, 0.05) is 31.9 Å². The van der Waals surface area contributed by atoms with Gasteiger partial charge in [0.1, 0.15) is 0 Å². The number of amides is 1. The summed E-state index contributed by atoms with van der Waals surface area (Å²) >= 11 is 0. The number of hydrogen-bond acceptors (Lipinski definition) is 4. The van der Waals surface area contributed by atoms with Crippen LogP contribution in [0, 0.1) is 5.92 Å². The van der Waals surface area contributed by atoms with Gasteiger partial charge in [-0.2, -0.15) is 0 Å². The number of carbonyl (C=O) groups excluding carboxylic acids is 1. The molecule has 1 aromatic carbocycles. The first-order chi connectivity index (χ1) is 10.8. The molecule has 3 rings (SSSR count). The number of likely N-dealkylation sites (N-methyl/N-ethyl adjacent to an activating group) is 1. The average molecular weight is 336 g/mol. The van der Waals surface area contributed by atoms with Crippen molar-refractivity contribution >= 4 is 15.7 Å². The summed E-state index contributed by atoms with van der Waals surface area (Å²) in [4.78, 5) is 17.5. The molecule has 2 fully saturated rings. The standard InChI is InChI=1S/C17H24N2O3S/c1-12(13-4-6-15(7-5-13)23(3,21)22)17(20)19-9-8-14-10-18(2)11-16(14)19/h4-7,12,14,16H,8-11H2,1-3H3/t12?,14-,16+/m1/s1. The van der Waals surface area contributed by atoms with Crippen molar-refractivity contribution in [2.24, 2.45) is 5.92 Å². The Morgan fingerprint density at radius 3 is 2.48 bits per heavy atom. The van der Waals surface area contributed by atoms with E-state index in [9.17, 15) is 13.2 Å². The first kappa shape index (κ1) is 16.5. The van der Waals surface area contributed by atoms with Gasteiger partial charge < -0.3 is 9.80 Å². The van der Waals surface area contributed by atoms with Crippen LogP contribution in [0.3, 0.4) is 0 Å². The summed E-state index contributed by atoms with van der Waals surface area (Å²) in [6.07, 6.45) is 2.28. The van der Waals surface area contributed by atoms with Crippen LogP contribution in [0.4, 0.5) is 0 Å². The molecule has 1 unspecified atom stereocenters. The highest BCUT2D eigenvalue weighted by molar-refractivity contribution is 7.90. The molecule has 2 aliphatic heterocycles. The summed E-state index contributed by atoms with van der Waals surface area (Å²) in [6, 6.07) is 7.03. The summed E-state index contributed by atoms with van der Waals surface area (Å²) in [5.74, 6) is 0.511. The van der Waals surface area contributed by atoms with Crippen LogP contribution in [0.5, 0.6) is 0 Å². The quantitative estimate of drug-likeness (QED) is 0.836. The second-order valence-electron chi connectivity index (χ2n) is 6.93. The fourth-order valence-corrected chi connectivity index (χ4v) is 4.47. The molecule has 0 aliphatic carbocycles. The van der Waals surface area contributed by atoms with Crippen LogP contribution in [-0.2, 0) is 14.6 Å². The van der Waals surface area contributed by atoms with Crippen molar-refractivity contribution in [3.05, 3.63) is 29.8 Å². The van der Waals surface area contributed by atoms with Gasteiger partial charge in [-0.1, -0.05) is 12.1 Å². The lowest BCUT2D eigenvalue weighted by molar-refractivity contribution is -0.133. The largest absolute Gasteiger partial charge is 0.338 e. The Balaban J connectivity index is 1.75. The normalized spacial score (nSPS) is 26.3. The van der Waals surface area contributed by atoms with E-state index in [2.05, 4.69) is 11.9 Å². The van der Waals surface area contributed by atoms with Crippen molar-refractivity contribution < 1.29 is 13.2 Å². The molecule has 1 amide bonds. The minimum absolute atomic E-state index is 0.153. The number of sulfone groups is 1. The monoisotopic (exact) mass is 336 g/mol. The molecule has 0 spiro atoms. The molecule has 2 heterocycles. The van der Waals surface area contributed by atoms with Crippen LogP contribution >= 0.6 is 0 Å². The van der Waals surface area contributed by atoms with E-state index in [-0.39, 0.29) is 11.8 Å². The second kappa shape index (κ2) is 5.91. The predicted octanol–water partition coefficient (Wildman–Crippen LogP) is 1.36. The number of likely N-dealkylation sites (tertiary alicyclic amines) is 2. The van der Waals surface area contributed by atoms with E-state index in [0.29, 0.717) is 16.9 Å². The zero-order valence-corrected chi connectivity index (χ0v) is 14.7. The van der Waals surface area contributed by atoms with Crippen LogP contribution in [0.25, 0.3) is 0 Å². The van der Waals surface area contributed by atoms with E-state index in [1.807, 2.05) is 11.8 Å². The predicted molar refractivity (Wildman–Crippen MR) is 89.1 cm³/mol. The number of rotatable bonds is 3. The molecular formula is C17H24N2O3S.